The smallest absolute Gasteiger partial charge is 0.420 e. The maximum atomic E-state index is 13.2. The Morgan fingerprint density at radius 1 is 1.33 bits per heavy atom. The van der Waals surface area contributed by atoms with Crippen LogP contribution in [0.2, 0.25) is 0 Å². The number of hydrogen-bond acceptors (Lipinski definition) is 4. The molecule has 2 aliphatic rings. The van der Waals surface area contributed by atoms with Gasteiger partial charge in [-0.15, -0.1) is 0 Å². The molecule has 0 unspecified atom stereocenters. The molecule has 5 nitrogen and oxygen atoms in total. The van der Waals surface area contributed by atoms with Crippen molar-refractivity contribution in [3.8, 4) is 11.3 Å². The summed E-state index contributed by atoms with van der Waals surface area (Å²) in [6.45, 7) is 3.96. The van der Waals surface area contributed by atoms with E-state index in [1.807, 2.05) is 13.1 Å². The zero-order valence-electron chi connectivity index (χ0n) is 13.1. The van der Waals surface area contributed by atoms with E-state index in [4.69, 9.17) is 13.9 Å². The minimum atomic E-state index is -4.46. The SMILES string of the molecule is C[C@@H]1Cc2occ(C(F)(F)F)c2-c2nn(C[C@H]3COCCO3)cc21. The second-order valence-electron chi connectivity index (χ2n) is 6.27. The normalized spacial score (nSPS) is 23.8. The molecule has 4 rings (SSSR count). The third-order valence-electron chi connectivity index (χ3n) is 4.50. The molecule has 24 heavy (non-hydrogen) atoms. The van der Waals surface area contributed by atoms with Crippen molar-refractivity contribution in [2.75, 3.05) is 19.8 Å². The Bertz CT molecular complexity index is 744. The van der Waals surface area contributed by atoms with Crippen LogP contribution in [0.5, 0.6) is 0 Å². The fourth-order valence-electron chi connectivity index (χ4n) is 3.34. The number of ether oxygens (including phenoxy) is 2. The van der Waals surface area contributed by atoms with E-state index in [1.165, 1.54) is 0 Å². The second kappa shape index (κ2) is 5.63. The Morgan fingerprint density at radius 2 is 2.17 bits per heavy atom. The molecular formula is C16H17F3N2O3. The quantitative estimate of drug-likeness (QED) is 0.841. The average molecular weight is 342 g/mol. The number of hydrogen-bond donors (Lipinski definition) is 0. The van der Waals surface area contributed by atoms with Crippen molar-refractivity contribution in [2.24, 2.45) is 0 Å². The molecule has 2 aromatic rings. The van der Waals surface area contributed by atoms with Gasteiger partial charge in [0.1, 0.15) is 23.7 Å². The van der Waals surface area contributed by atoms with Crippen LogP contribution in [0.25, 0.3) is 11.3 Å². The van der Waals surface area contributed by atoms with Gasteiger partial charge in [-0.2, -0.15) is 18.3 Å². The minimum Gasteiger partial charge on any atom is -0.468 e. The first-order valence-corrected chi connectivity index (χ1v) is 7.88. The number of alkyl halides is 3. The Morgan fingerprint density at radius 3 is 2.88 bits per heavy atom. The first kappa shape index (κ1) is 15.7. The summed E-state index contributed by atoms with van der Waals surface area (Å²) in [6.07, 6.45) is -1.55. The van der Waals surface area contributed by atoms with Gasteiger partial charge >= 0.3 is 6.18 Å². The maximum Gasteiger partial charge on any atom is 0.420 e. The molecule has 3 heterocycles. The first-order valence-electron chi connectivity index (χ1n) is 7.88. The Balaban J connectivity index is 1.71. The zero-order chi connectivity index (χ0) is 16.9. The summed E-state index contributed by atoms with van der Waals surface area (Å²) in [4.78, 5) is 0. The number of rotatable bonds is 2. The molecule has 130 valence electrons. The lowest BCUT2D eigenvalue weighted by Crippen LogP contribution is -2.32. The maximum absolute atomic E-state index is 13.2. The van der Waals surface area contributed by atoms with Crippen LogP contribution in [-0.2, 0) is 28.6 Å². The van der Waals surface area contributed by atoms with Gasteiger partial charge < -0.3 is 13.9 Å². The molecule has 0 amide bonds. The monoisotopic (exact) mass is 342 g/mol. The summed E-state index contributed by atoms with van der Waals surface area (Å²) in [7, 11) is 0. The first-order chi connectivity index (χ1) is 11.4. The predicted octanol–water partition coefficient (Wildman–Crippen LogP) is 3.24. The predicted molar refractivity (Wildman–Crippen MR) is 77.6 cm³/mol. The van der Waals surface area contributed by atoms with E-state index in [1.54, 1.807) is 4.68 Å². The highest BCUT2D eigenvalue weighted by atomic mass is 19.4. The molecular weight excluding hydrogens is 325 g/mol. The molecule has 1 aliphatic carbocycles. The topological polar surface area (TPSA) is 49.4 Å². The highest BCUT2D eigenvalue weighted by molar-refractivity contribution is 5.72. The van der Waals surface area contributed by atoms with Crippen LogP contribution >= 0.6 is 0 Å². The molecule has 0 saturated carbocycles. The summed E-state index contributed by atoms with van der Waals surface area (Å²) < 4.78 is 57.5. The van der Waals surface area contributed by atoms with Crippen LogP contribution in [0.15, 0.2) is 16.9 Å². The van der Waals surface area contributed by atoms with Crippen LogP contribution in [0, 0.1) is 0 Å². The van der Waals surface area contributed by atoms with Crippen molar-refractivity contribution in [1.29, 1.82) is 0 Å². The highest BCUT2D eigenvalue weighted by Gasteiger charge is 2.41. The molecule has 8 heteroatoms. The van der Waals surface area contributed by atoms with Gasteiger partial charge in [-0.3, -0.25) is 4.68 Å². The average Bonchev–Trinajstić information content (AvgIpc) is 3.11. The largest absolute Gasteiger partial charge is 0.468 e. The number of nitrogens with zero attached hydrogens (tertiary/aromatic N) is 2. The standard InChI is InChI=1S/C16H17F3N2O3/c1-9-4-13-14(12(8-24-13)16(17,18)19)15-11(9)6-21(20-15)5-10-7-22-2-3-23-10/h6,8-10H,2-5,7H2,1H3/t9-,10+/m1/s1. The molecule has 2 aromatic heterocycles. The molecule has 2 atom stereocenters. The molecule has 0 aromatic carbocycles. The molecule has 0 spiro atoms. The van der Waals surface area contributed by atoms with E-state index in [0.29, 0.717) is 44.2 Å². The van der Waals surface area contributed by atoms with E-state index < -0.39 is 11.7 Å². The molecule has 0 bridgehead atoms. The van der Waals surface area contributed by atoms with Crippen LogP contribution in [0.1, 0.15) is 29.7 Å². The van der Waals surface area contributed by atoms with Crippen LogP contribution in [0.4, 0.5) is 13.2 Å². The summed E-state index contributed by atoms with van der Waals surface area (Å²) in [5.74, 6) is 0.404. The molecule has 0 N–H and O–H groups in total. The van der Waals surface area contributed by atoms with Gasteiger partial charge in [0.15, 0.2) is 0 Å². The van der Waals surface area contributed by atoms with Crippen LogP contribution < -0.4 is 0 Å². The summed E-state index contributed by atoms with van der Waals surface area (Å²) in [6, 6.07) is 0. The Kier molecular flexibility index (Phi) is 3.69. The Labute approximate surface area is 136 Å². The number of halogens is 3. The second-order valence-corrected chi connectivity index (χ2v) is 6.27. The number of furan rings is 1. The molecule has 1 saturated heterocycles. The van der Waals surface area contributed by atoms with Gasteiger partial charge in [0.25, 0.3) is 0 Å². The fourth-order valence-corrected chi connectivity index (χ4v) is 3.34. The third kappa shape index (κ3) is 2.63. The van der Waals surface area contributed by atoms with Gasteiger partial charge in [-0.05, 0) is 5.92 Å². The minimum absolute atomic E-state index is 0.0528. The van der Waals surface area contributed by atoms with E-state index in [0.717, 1.165) is 11.8 Å². The van der Waals surface area contributed by atoms with E-state index in [9.17, 15) is 13.2 Å². The lowest BCUT2D eigenvalue weighted by Gasteiger charge is -2.22. The lowest BCUT2D eigenvalue weighted by atomic mass is 9.86. The van der Waals surface area contributed by atoms with Crippen molar-refractivity contribution in [2.45, 2.75) is 38.1 Å². The van der Waals surface area contributed by atoms with Crippen molar-refractivity contribution in [3.05, 3.63) is 29.3 Å². The lowest BCUT2D eigenvalue weighted by molar-refractivity contribution is -0.137. The fraction of sp³-hybridized carbons (Fsp3) is 0.562. The van der Waals surface area contributed by atoms with Crippen molar-refractivity contribution in [3.63, 3.8) is 0 Å². The highest BCUT2D eigenvalue weighted by Crippen LogP contribution is 2.46. The summed E-state index contributed by atoms with van der Waals surface area (Å²) in [5, 5.41) is 4.40. The van der Waals surface area contributed by atoms with Gasteiger partial charge in [0.2, 0.25) is 0 Å². The van der Waals surface area contributed by atoms with Gasteiger partial charge in [0, 0.05) is 18.2 Å². The number of aromatic nitrogens is 2. The Hall–Kier alpha value is -1.80. The van der Waals surface area contributed by atoms with E-state index in [2.05, 4.69) is 5.10 Å². The van der Waals surface area contributed by atoms with Crippen LogP contribution in [0.3, 0.4) is 0 Å². The third-order valence-corrected chi connectivity index (χ3v) is 4.50. The van der Waals surface area contributed by atoms with Gasteiger partial charge in [-0.1, -0.05) is 6.92 Å². The van der Waals surface area contributed by atoms with Gasteiger partial charge in [-0.25, -0.2) is 0 Å². The molecule has 1 fully saturated rings. The number of fused-ring (bicyclic) bond motifs is 3. The van der Waals surface area contributed by atoms with Crippen molar-refractivity contribution in [1.82, 2.24) is 9.78 Å². The van der Waals surface area contributed by atoms with E-state index in [-0.39, 0.29) is 17.6 Å². The summed E-state index contributed by atoms with van der Waals surface area (Å²) >= 11 is 0. The summed E-state index contributed by atoms with van der Waals surface area (Å²) in [5.41, 5.74) is 0.496. The van der Waals surface area contributed by atoms with E-state index >= 15 is 0 Å². The van der Waals surface area contributed by atoms with Crippen LogP contribution in [-0.4, -0.2) is 35.7 Å². The molecule has 1 aliphatic heterocycles. The zero-order valence-corrected chi connectivity index (χ0v) is 13.1. The molecule has 0 radical (unpaired) electrons. The van der Waals surface area contributed by atoms with Crippen molar-refractivity contribution >= 4 is 0 Å². The van der Waals surface area contributed by atoms with Gasteiger partial charge in [0.05, 0.1) is 37.6 Å². The van der Waals surface area contributed by atoms with Crippen molar-refractivity contribution < 1.29 is 27.1 Å².